The highest BCUT2D eigenvalue weighted by Gasteiger charge is 2.08. The molecule has 0 radical (unpaired) electrons. The molecule has 3 aromatic rings. The van der Waals surface area contributed by atoms with Gasteiger partial charge >= 0.3 is 0 Å². The van der Waals surface area contributed by atoms with E-state index < -0.39 is 0 Å². The van der Waals surface area contributed by atoms with E-state index in [2.05, 4.69) is 11.2 Å². The van der Waals surface area contributed by atoms with Crippen LogP contribution in [0.15, 0.2) is 54.6 Å². The Bertz CT molecular complexity index is 743. The fourth-order valence-electron chi connectivity index (χ4n) is 2.32. The first-order valence-corrected chi connectivity index (χ1v) is 7.41. The molecule has 0 bridgehead atoms. The van der Waals surface area contributed by atoms with Gasteiger partial charge in [0.05, 0.1) is 11.4 Å². The minimum Gasteiger partial charge on any atom is -0.268 e. The van der Waals surface area contributed by atoms with Crippen LogP contribution in [0.3, 0.4) is 0 Å². The zero-order valence-electron chi connectivity index (χ0n) is 11.6. The quantitative estimate of drug-likeness (QED) is 0.666. The van der Waals surface area contributed by atoms with Gasteiger partial charge in [0.2, 0.25) is 0 Å². The van der Waals surface area contributed by atoms with E-state index in [4.69, 9.17) is 23.2 Å². The first-order valence-electron chi connectivity index (χ1n) is 6.65. The lowest BCUT2D eigenvalue weighted by atomic mass is 10.1. The maximum Gasteiger partial charge on any atom is 0.0681 e. The predicted molar refractivity (Wildman–Crippen MR) is 87.9 cm³/mol. The summed E-state index contributed by atoms with van der Waals surface area (Å²) >= 11 is 11.8. The number of aromatic nitrogens is 2. The molecule has 0 N–H and O–H groups in total. The lowest BCUT2D eigenvalue weighted by molar-refractivity contribution is 0.756. The van der Waals surface area contributed by atoms with Gasteiger partial charge in [0.1, 0.15) is 0 Å². The summed E-state index contributed by atoms with van der Waals surface area (Å²) in [6.07, 6.45) is 0.790. The average molecular weight is 317 g/mol. The minimum atomic E-state index is 0.738. The van der Waals surface area contributed by atoms with Crippen LogP contribution in [0, 0.1) is 0 Å². The van der Waals surface area contributed by atoms with E-state index in [0.717, 1.165) is 33.4 Å². The van der Waals surface area contributed by atoms with Crippen LogP contribution < -0.4 is 0 Å². The fraction of sp³-hybridized carbons (Fsp3) is 0.118. The number of hydrogen-bond acceptors (Lipinski definition) is 1. The van der Waals surface area contributed by atoms with Crippen molar-refractivity contribution in [2.75, 3.05) is 0 Å². The molecule has 0 aliphatic rings. The highest BCUT2D eigenvalue weighted by Crippen LogP contribution is 2.23. The molecule has 0 aliphatic heterocycles. The average Bonchev–Trinajstić information content (AvgIpc) is 2.83. The second kappa shape index (κ2) is 5.92. The van der Waals surface area contributed by atoms with E-state index >= 15 is 0 Å². The zero-order chi connectivity index (χ0) is 14.8. The van der Waals surface area contributed by atoms with Crippen LogP contribution in [0.25, 0.3) is 11.3 Å². The van der Waals surface area contributed by atoms with Crippen molar-refractivity contribution >= 4 is 23.2 Å². The molecule has 0 spiro atoms. The van der Waals surface area contributed by atoms with Gasteiger partial charge in [-0.25, -0.2) is 0 Å². The normalized spacial score (nSPS) is 10.8. The van der Waals surface area contributed by atoms with Gasteiger partial charge in [-0.2, -0.15) is 5.10 Å². The van der Waals surface area contributed by atoms with Gasteiger partial charge in [-0.05, 0) is 41.5 Å². The molecule has 1 heterocycles. The van der Waals surface area contributed by atoms with E-state index in [9.17, 15) is 0 Å². The van der Waals surface area contributed by atoms with E-state index in [1.54, 1.807) is 0 Å². The van der Waals surface area contributed by atoms with Crippen molar-refractivity contribution in [2.24, 2.45) is 7.05 Å². The third-order valence-corrected chi connectivity index (χ3v) is 3.87. The van der Waals surface area contributed by atoms with Gasteiger partial charge in [-0.1, -0.05) is 47.5 Å². The third-order valence-electron chi connectivity index (χ3n) is 3.37. The van der Waals surface area contributed by atoms with Crippen LogP contribution in [0.2, 0.25) is 10.0 Å². The monoisotopic (exact) mass is 316 g/mol. The lowest BCUT2D eigenvalue weighted by Gasteiger charge is -2.01. The molecule has 0 aliphatic carbocycles. The second-order valence-electron chi connectivity index (χ2n) is 4.95. The number of aryl methyl sites for hydroxylation is 1. The Hall–Kier alpha value is -1.77. The Balaban J connectivity index is 1.87. The summed E-state index contributed by atoms with van der Waals surface area (Å²) in [6.45, 7) is 0. The Morgan fingerprint density at radius 3 is 2.10 bits per heavy atom. The van der Waals surface area contributed by atoms with Crippen molar-refractivity contribution in [2.45, 2.75) is 6.42 Å². The minimum absolute atomic E-state index is 0.738. The zero-order valence-corrected chi connectivity index (χ0v) is 13.1. The number of halogens is 2. The molecule has 0 fully saturated rings. The van der Waals surface area contributed by atoms with Gasteiger partial charge in [0.25, 0.3) is 0 Å². The molecule has 0 atom stereocenters. The Labute approximate surface area is 133 Å². The molecule has 2 nitrogen and oxygen atoms in total. The molecule has 2 aromatic carbocycles. The Morgan fingerprint density at radius 2 is 1.48 bits per heavy atom. The predicted octanol–water partition coefficient (Wildman–Crippen LogP) is 4.98. The highest BCUT2D eigenvalue weighted by molar-refractivity contribution is 6.30. The maximum atomic E-state index is 5.93. The van der Waals surface area contributed by atoms with Gasteiger partial charge in [0.15, 0.2) is 0 Å². The van der Waals surface area contributed by atoms with Crippen LogP contribution in [-0.4, -0.2) is 9.78 Å². The fourth-order valence-corrected chi connectivity index (χ4v) is 2.57. The molecule has 106 valence electrons. The van der Waals surface area contributed by atoms with Crippen LogP contribution in [0.1, 0.15) is 11.3 Å². The topological polar surface area (TPSA) is 17.8 Å². The van der Waals surface area contributed by atoms with Crippen molar-refractivity contribution in [3.05, 3.63) is 75.9 Å². The smallest absolute Gasteiger partial charge is 0.0681 e. The highest BCUT2D eigenvalue weighted by atomic mass is 35.5. The van der Waals surface area contributed by atoms with Crippen molar-refractivity contribution in [3.8, 4) is 11.3 Å². The van der Waals surface area contributed by atoms with Crippen molar-refractivity contribution in [1.29, 1.82) is 0 Å². The van der Waals surface area contributed by atoms with Crippen LogP contribution >= 0.6 is 23.2 Å². The van der Waals surface area contributed by atoms with Crippen LogP contribution in [0.4, 0.5) is 0 Å². The van der Waals surface area contributed by atoms with E-state index in [0.29, 0.717) is 0 Å². The number of hydrogen-bond donors (Lipinski definition) is 0. The van der Waals surface area contributed by atoms with Crippen molar-refractivity contribution in [1.82, 2.24) is 9.78 Å². The summed E-state index contributed by atoms with van der Waals surface area (Å²) < 4.78 is 1.90. The first-order chi connectivity index (χ1) is 10.1. The Kier molecular flexibility index (Phi) is 4.00. The molecule has 0 amide bonds. The summed E-state index contributed by atoms with van der Waals surface area (Å²) in [4.78, 5) is 0. The third kappa shape index (κ3) is 3.29. The summed E-state index contributed by atoms with van der Waals surface area (Å²) in [5, 5.41) is 6.07. The number of nitrogens with zero attached hydrogens (tertiary/aromatic N) is 2. The molecule has 21 heavy (non-hydrogen) atoms. The van der Waals surface area contributed by atoms with E-state index in [1.165, 1.54) is 5.56 Å². The number of benzene rings is 2. The second-order valence-corrected chi connectivity index (χ2v) is 5.83. The Morgan fingerprint density at radius 1 is 0.905 bits per heavy atom. The molecule has 0 saturated carbocycles. The summed E-state index contributed by atoms with van der Waals surface area (Å²) in [5.74, 6) is 0. The first kappa shape index (κ1) is 14.2. The summed E-state index contributed by atoms with van der Waals surface area (Å²) in [6, 6.07) is 17.8. The van der Waals surface area contributed by atoms with Crippen molar-refractivity contribution in [3.63, 3.8) is 0 Å². The van der Waals surface area contributed by atoms with Gasteiger partial charge in [-0.15, -0.1) is 0 Å². The largest absolute Gasteiger partial charge is 0.268 e. The lowest BCUT2D eigenvalue weighted by Crippen LogP contribution is -1.95. The molecule has 1 aromatic heterocycles. The summed E-state index contributed by atoms with van der Waals surface area (Å²) in [7, 11) is 1.95. The molecule has 3 rings (SSSR count). The SMILES string of the molecule is Cn1nc(Cc2ccc(Cl)cc2)cc1-c1ccc(Cl)cc1. The van der Waals surface area contributed by atoms with E-state index in [1.807, 2.05) is 60.3 Å². The van der Waals surface area contributed by atoms with Crippen LogP contribution in [0.5, 0.6) is 0 Å². The molecule has 0 unspecified atom stereocenters. The molecule has 4 heteroatoms. The van der Waals surface area contributed by atoms with Gasteiger partial charge in [-0.3, -0.25) is 4.68 Å². The van der Waals surface area contributed by atoms with Gasteiger partial charge < -0.3 is 0 Å². The van der Waals surface area contributed by atoms with E-state index in [-0.39, 0.29) is 0 Å². The van der Waals surface area contributed by atoms with Gasteiger partial charge in [0, 0.05) is 23.5 Å². The number of rotatable bonds is 3. The standard InChI is InChI=1S/C17H14Cl2N2/c1-21-17(13-4-8-15(19)9-5-13)11-16(20-21)10-12-2-6-14(18)7-3-12/h2-9,11H,10H2,1H3. The molecular weight excluding hydrogens is 303 g/mol. The van der Waals surface area contributed by atoms with Crippen LogP contribution in [-0.2, 0) is 13.5 Å². The molecular formula is C17H14Cl2N2. The molecule has 0 saturated heterocycles. The maximum absolute atomic E-state index is 5.93. The summed E-state index contributed by atoms with van der Waals surface area (Å²) in [5.41, 5.74) is 4.41. The van der Waals surface area contributed by atoms with Crippen molar-refractivity contribution < 1.29 is 0 Å².